The monoisotopic (exact) mass is 165 g/mol. The van der Waals surface area contributed by atoms with Crippen molar-refractivity contribution in [2.24, 2.45) is 0 Å². The van der Waals surface area contributed by atoms with Gasteiger partial charge in [0.25, 0.3) is 12.6 Å². The first kappa shape index (κ1) is 8.47. The van der Waals surface area contributed by atoms with Crippen LogP contribution in [0.25, 0.3) is 0 Å². The molecule has 0 spiro atoms. The van der Waals surface area contributed by atoms with E-state index in [-0.39, 0.29) is 6.35 Å². The zero-order chi connectivity index (χ0) is 8.97. The van der Waals surface area contributed by atoms with E-state index in [2.05, 4.69) is 6.58 Å². The highest BCUT2D eigenvalue weighted by atomic mass is 16.5. The smallest absolute Gasteiger partial charge is 0.290 e. The summed E-state index contributed by atoms with van der Waals surface area (Å²) < 4.78 is 4.83. The Labute approximate surface area is 71.9 Å². The van der Waals surface area contributed by atoms with Crippen molar-refractivity contribution in [3.8, 4) is 6.26 Å². The summed E-state index contributed by atoms with van der Waals surface area (Å²) >= 11 is 0. The summed E-state index contributed by atoms with van der Waals surface area (Å²) in [6, 6.07) is 0. The Morgan fingerprint density at radius 2 is 2.50 bits per heavy atom. The Morgan fingerprint density at radius 1 is 1.75 bits per heavy atom. The molecule has 0 aromatic carbocycles. The molecule has 0 saturated carbocycles. The first-order valence-electron chi connectivity index (χ1n) is 3.61. The Kier molecular flexibility index (Phi) is 2.59. The highest BCUT2D eigenvalue weighted by Crippen LogP contribution is 2.13. The molecule has 1 unspecified atom stereocenters. The van der Waals surface area contributed by atoms with Crippen LogP contribution in [0.5, 0.6) is 0 Å². The van der Waals surface area contributed by atoms with E-state index in [9.17, 15) is 0 Å². The van der Waals surface area contributed by atoms with Crippen LogP contribution in [0.2, 0.25) is 0 Å². The summed E-state index contributed by atoms with van der Waals surface area (Å²) in [7, 11) is 1.85. The minimum absolute atomic E-state index is 0.312. The molecule has 0 aromatic rings. The van der Waals surface area contributed by atoms with Gasteiger partial charge in [0.1, 0.15) is 0 Å². The lowest BCUT2D eigenvalue weighted by Gasteiger charge is -2.25. The highest BCUT2D eigenvalue weighted by molar-refractivity contribution is 4.95. The van der Waals surface area contributed by atoms with Gasteiger partial charge in [0.05, 0.1) is 0 Å². The van der Waals surface area contributed by atoms with Gasteiger partial charge in [-0.3, -0.25) is 0 Å². The predicted octanol–water partition coefficient (Wildman–Crippen LogP) is 0.672. The normalized spacial score (nSPS) is 20.8. The van der Waals surface area contributed by atoms with Crippen LogP contribution in [0.1, 0.15) is 0 Å². The van der Waals surface area contributed by atoms with Crippen molar-refractivity contribution in [3.05, 3.63) is 25.1 Å². The van der Waals surface area contributed by atoms with Crippen LogP contribution >= 0.6 is 0 Å². The lowest BCUT2D eigenvalue weighted by Crippen LogP contribution is -2.37. The zero-order valence-electron chi connectivity index (χ0n) is 6.97. The molecule has 12 heavy (non-hydrogen) atoms. The molecule has 4 heteroatoms. The second-order valence-corrected chi connectivity index (χ2v) is 2.48. The van der Waals surface area contributed by atoms with Crippen LogP contribution in [0.15, 0.2) is 25.1 Å². The zero-order valence-corrected chi connectivity index (χ0v) is 6.97. The van der Waals surface area contributed by atoms with Gasteiger partial charge >= 0.3 is 0 Å². The summed E-state index contributed by atoms with van der Waals surface area (Å²) in [5.41, 5.74) is 0. The Balaban J connectivity index is 2.57. The van der Waals surface area contributed by atoms with Crippen LogP contribution < -0.4 is 0 Å². The summed E-state index contributed by atoms with van der Waals surface area (Å²) in [6.45, 7) is 4.29. The SMILES string of the molecule is C=CCN1C=CN(C)C1OC#N. The van der Waals surface area contributed by atoms with Crippen molar-refractivity contribution in [1.29, 1.82) is 5.26 Å². The number of rotatable bonds is 3. The molecule has 1 heterocycles. The van der Waals surface area contributed by atoms with E-state index in [1.165, 1.54) is 0 Å². The van der Waals surface area contributed by atoms with Crippen molar-refractivity contribution in [2.75, 3.05) is 13.6 Å². The molecule has 64 valence electrons. The molecule has 0 radical (unpaired) electrons. The molecule has 1 rings (SSSR count). The maximum Gasteiger partial charge on any atom is 0.290 e. The molecule has 0 amide bonds. The highest BCUT2D eigenvalue weighted by Gasteiger charge is 2.23. The van der Waals surface area contributed by atoms with Gasteiger partial charge in [0.2, 0.25) is 0 Å². The molecule has 1 aliphatic rings. The first-order chi connectivity index (χ1) is 5.79. The van der Waals surface area contributed by atoms with Crippen molar-refractivity contribution < 1.29 is 4.74 Å². The third-order valence-corrected chi connectivity index (χ3v) is 1.62. The van der Waals surface area contributed by atoms with Crippen molar-refractivity contribution in [1.82, 2.24) is 9.80 Å². The third-order valence-electron chi connectivity index (χ3n) is 1.62. The largest absolute Gasteiger partial charge is 0.382 e. The second-order valence-electron chi connectivity index (χ2n) is 2.48. The summed E-state index contributed by atoms with van der Waals surface area (Å²) in [4.78, 5) is 3.68. The molecule has 0 aliphatic carbocycles. The second kappa shape index (κ2) is 3.67. The molecule has 0 fully saturated rings. The van der Waals surface area contributed by atoms with Crippen LogP contribution in [-0.4, -0.2) is 29.7 Å². The van der Waals surface area contributed by atoms with E-state index in [1.807, 2.05) is 29.2 Å². The van der Waals surface area contributed by atoms with Gasteiger partial charge in [-0.1, -0.05) is 6.08 Å². The average Bonchev–Trinajstić information content (AvgIpc) is 2.37. The fraction of sp³-hybridized carbons (Fsp3) is 0.375. The Hall–Kier alpha value is -1.63. The molecule has 0 bridgehead atoms. The minimum atomic E-state index is -0.312. The molecule has 4 nitrogen and oxygen atoms in total. The van der Waals surface area contributed by atoms with Gasteiger partial charge in [0.15, 0.2) is 0 Å². The van der Waals surface area contributed by atoms with Gasteiger partial charge in [-0.2, -0.15) is 5.26 Å². The van der Waals surface area contributed by atoms with Crippen LogP contribution in [0.3, 0.4) is 0 Å². The number of nitrogens with zero attached hydrogens (tertiary/aromatic N) is 3. The Morgan fingerprint density at radius 3 is 3.08 bits per heavy atom. The quantitative estimate of drug-likeness (QED) is 0.455. The molecule has 0 saturated heterocycles. The van der Waals surface area contributed by atoms with Gasteiger partial charge in [-0.05, 0) is 0 Å². The summed E-state index contributed by atoms with van der Waals surface area (Å²) in [5, 5.41) is 8.35. The van der Waals surface area contributed by atoms with Crippen molar-refractivity contribution in [2.45, 2.75) is 6.35 Å². The number of hydrogen-bond acceptors (Lipinski definition) is 4. The molecule has 0 N–H and O–H groups in total. The van der Waals surface area contributed by atoms with Gasteiger partial charge in [-0.25, -0.2) is 0 Å². The van der Waals surface area contributed by atoms with E-state index in [4.69, 9.17) is 10.00 Å². The van der Waals surface area contributed by atoms with Crippen LogP contribution in [0.4, 0.5) is 0 Å². The third kappa shape index (κ3) is 1.51. The van der Waals surface area contributed by atoms with Crippen LogP contribution in [0, 0.1) is 11.5 Å². The first-order valence-corrected chi connectivity index (χ1v) is 3.61. The molecular weight excluding hydrogens is 154 g/mol. The number of ether oxygens (including phenoxy) is 1. The van der Waals surface area contributed by atoms with E-state index >= 15 is 0 Å². The number of hydrogen-bond donors (Lipinski definition) is 0. The Bertz CT molecular complexity index is 231. The van der Waals surface area contributed by atoms with Crippen molar-refractivity contribution >= 4 is 0 Å². The average molecular weight is 165 g/mol. The maximum absolute atomic E-state index is 8.35. The fourth-order valence-corrected chi connectivity index (χ4v) is 1.07. The summed E-state index contributed by atoms with van der Waals surface area (Å²) in [6.07, 6.45) is 6.84. The van der Waals surface area contributed by atoms with Gasteiger partial charge in [-0.15, -0.1) is 6.58 Å². The fourth-order valence-electron chi connectivity index (χ4n) is 1.07. The topological polar surface area (TPSA) is 39.5 Å². The molecule has 0 aromatic heterocycles. The number of nitriles is 1. The molecule has 1 aliphatic heterocycles. The molecule has 1 atom stereocenters. The van der Waals surface area contributed by atoms with Gasteiger partial charge < -0.3 is 14.5 Å². The minimum Gasteiger partial charge on any atom is -0.382 e. The van der Waals surface area contributed by atoms with E-state index < -0.39 is 0 Å². The molecular formula is C8H11N3O. The van der Waals surface area contributed by atoms with E-state index in [1.54, 1.807) is 12.3 Å². The lowest BCUT2D eigenvalue weighted by atomic mass is 10.5. The van der Waals surface area contributed by atoms with E-state index in [0.29, 0.717) is 6.54 Å². The standard InChI is InChI=1S/C8H11N3O/c1-3-4-11-6-5-10(2)8(11)12-7-9/h3,5-6,8H,1,4H2,2H3. The summed E-state index contributed by atoms with van der Waals surface area (Å²) in [5.74, 6) is 0. The predicted molar refractivity (Wildman–Crippen MR) is 44.3 cm³/mol. The maximum atomic E-state index is 8.35. The van der Waals surface area contributed by atoms with Crippen LogP contribution in [-0.2, 0) is 4.74 Å². The van der Waals surface area contributed by atoms with Gasteiger partial charge in [0, 0.05) is 26.0 Å². The van der Waals surface area contributed by atoms with Crippen molar-refractivity contribution in [3.63, 3.8) is 0 Å². The lowest BCUT2D eigenvalue weighted by molar-refractivity contribution is -0.0330. The van der Waals surface area contributed by atoms with E-state index in [0.717, 1.165) is 0 Å².